The van der Waals surface area contributed by atoms with Crippen LogP contribution in [-0.4, -0.2) is 20.9 Å². The highest BCUT2D eigenvalue weighted by molar-refractivity contribution is 5.94. The van der Waals surface area contributed by atoms with E-state index in [9.17, 15) is 14.3 Å². The molecule has 1 aromatic carbocycles. The second-order valence-electron chi connectivity index (χ2n) is 5.28. The van der Waals surface area contributed by atoms with E-state index in [4.69, 9.17) is 0 Å². The van der Waals surface area contributed by atoms with Crippen molar-refractivity contribution in [2.75, 3.05) is 0 Å². The van der Waals surface area contributed by atoms with Crippen molar-refractivity contribution in [2.45, 2.75) is 27.3 Å². The van der Waals surface area contributed by atoms with Crippen molar-refractivity contribution in [1.82, 2.24) is 9.78 Å². The van der Waals surface area contributed by atoms with Crippen molar-refractivity contribution >= 4 is 5.97 Å². The molecule has 0 saturated carbocycles. The summed E-state index contributed by atoms with van der Waals surface area (Å²) in [4.78, 5) is 11.3. The zero-order chi connectivity index (χ0) is 14.9. The Hall–Kier alpha value is -2.17. The molecule has 1 heterocycles. The normalized spacial score (nSPS) is 11.1. The van der Waals surface area contributed by atoms with Crippen LogP contribution in [0, 0.1) is 18.7 Å². The van der Waals surface area contributed by atoms with Crippen LogP contribution in [-0.2, 0) is 6.54 Å². The van der Waals surface area contributed by atoms with Gasteiger partial charge in [0, 0.05) is 18.3 Å². The number of aryl methyl sites for hydroxylation is 1. The minimum absolute atomic E-state index is 0.0916. The number of hydrogen-bond donors (Lipinski definition) is 1. The molecule has 106 valence electrons. The summed E-state index contributed by atoms with van der Waals surface area (Å²) in [6, 6.07) is 4.63. The molecule has 2 rings (SSSR count). The van der Waals surface area contributed by atoms with E-state index in [0.29, 0.717) is 29.3 Å². The number of benzene rings is 1. The van der Waals surface area contributed by atoms with Crippen LogP contribution in [0.25, 0.3) is 11.3 Å². The lowest BCUT2D eigenvalue weighted by Gasteiger charge is -2.04. The predicted octanol–water partition coefficient (Wildman–Crippen LogP) is 3.35. The fourth-order valence-electron chi connectivity index (χ4n) is 2.00. The molecule has 0 unspecified atom stereocenters. The summed E-state index contributed by atoms with van der Waals surface area (Å²) in [6.07, 6.45) is 1.50. The average molecular weight is 276 g/mol. The summed E-state index contributed by atoms with van der Waals surface area (Å²) in [5.41, 5.74) is 1.39. The number of carbonyl (C=O) groups is 1. The zero-order valence-corrected chi connectivity index (χ0v) is 11.7. The van der Waals surface area contributed by atoms with Crippen LogP contribution in [0.5, 0.6) is 0 Å². The van der Waals surface area contributed by atoms with Gasteiger partial charge in [0.2, 0.25) is 0 Å². The Balaban J connectivity index is 2.50. The minimum Gasteiger partial charge on any atom is -0.478 e. The molecule has 1 N–H and O–H groups in total. The first-order chi connectivity index (χ1) is 9.38. The molecule has 0 amide bonds. The first kappa shape index (κ1) is 14.2. The maximum Gasteiger partial charge on any atom is 0.339 e. The first-order valence-corrected chi connectivity index (χ1v) is 6.45. The highest BCUT2D eigenvalue weighted by Crippen LogP contribution is 2.24. The first-order valence-electron chi connectivity index (χ1n) is 6.45. The van der Waals surface area contributed by atoms with Gasteiger partial charge in [-0.3, -0.25) is 4.68 Å². The third-order valence-corrected chi connectivity index (χ3v) is 2.99. The van der Waals surface area contributed by atoms with Crippen LogP contribution in [0.4, 0.5) is 4.39 Å². The van der Waals surface area contributed by atoms with Crippen molar-refractivity contribution in [1.29, 1.82) is 0 Å². The molecule has 0 aliphatic rings. The van der Waals surface area contributed by atoms with Gasteiger partial charge in [0.15, 0.2) is 0 Å². The van der Waals surface area contributed by atoms with Crippen molar-refractivity contribution in [3.63, 3.8) is 0 Å². The molecule has 0 bridgehead atoms. The van der Waals surface area contributed by atoms with Crippen LogP contribution >= 0.6 is 0 Å². The van der Waals surface area contributed by atoms with E-state index in [0.717, 1.165) is 0 Å². The molecule has 4 nitrogen and oxygen atoms in total. The van der Waals surface area contributed by atoms with Gasteiger partial charge in [0.25, 0.3) is 0 Å². The Kier molecular flexibility index (Phi) is 3.88. The van der Waals surface area contributed by atoms with Gasteiger partial charge in [-0.05, 0) is 24.5 Å². The van der Waals surface area contributed by atoms with Crippen LogP contribution in [0.3, 0.4) is 0 Å². The molecule has 0 aliphatic carbocycles. The standard InChI is InChI=1S/C15H17FN2O2/c1-9(2)7-18-8-12(15(19)20)14(17-18)11-5-4-10(3)13(16)6-11/h4-6,8-9H,7H2,1-3H3,(H,19,20). The lowest BCUT2D eigenvalue weighted by atomic mass is 10.1. The molecule has 1 aromatic heterocycles. The monoisotopic (exact) mass is 276 g/mol. The molecule has 2 aromatic rings. The van der Waals surface area contributed by atoms with Crippen molar-refractivity contribution in [3.8, 4) is 11.3 Å². The van der Waals surface area contributed by atoms with Gasteiger partial charge >= 0.3 is 5.97 Å². The smallest absolute Gasteiger partial charge is 0.339 e. The average Bonchev–Trinajstić information content (AvgIpc) is 2.76. The number of carboxylic acid groups (broad SMARTS) is 1. The van der Waals surface area contributed by atoms with Crippen LogP contribution < -0.4 is 0 Å². The number of nitrogens with zero attached hydrogens (tertiary/aromatic N) is 2. The molecular weight excluding hydrogens is 259 g/mol. The van der Waals surface area contributed by atoms with E-state index >= 15 is 0 Å². The molecule has 0 atom stereocenters. The minimum atomic E-state index is -1.06. The number of rotatable bonds is 4. The third-order valence-electron chi connectivity index (χ3n) is 2.99. The third kappa shape index (κ3) is 2.87. The maximum absolute atomic E-state index is 13.6. The van der Waals surface area contributed by atoms with Gasteiger partial charge in [0.1, 0.15) is 17.1 Å². The second-order valence-corrected chi connectivity index (χ2v) is 5.28. The molecular formula is C15H17FN2O2. The summed E-state index contributed by atoms with van der Waals surface area (Å²) in [5, 5.41) is 13.5. The molecule has 0 spiro atoms. The maximum atomic E-state index is 13.6. The molecule has 0 aliphatic heterocycles. The van der Waals surface area contributed by atoms with E-state index in [2.05, 4.69) is 5.10 Å². The lowest BCUT2D eigenvalue weighted by Crippen LogP contribution is -2.04. The Morgan fingerprint density at radius 3 is 2.70 bits per heavy atom. The summed E-state index contributed by atoms with van der Waals surface area (Å²) in [7, 11) is 0. The SMILES string of the molecule is Cc1ccc(-c2nn(CC(C)C)cc2C(=O)O)cc1F. The lowest BCUT2D eigenvalue weighted by molar-refractivity contribution is 0.0697. The largest absolute Gasteiger partial charge is 0.478 e. The number of halogens is 1. The van der Waals surface area contributed by atoms with Gasteiger partial charge in [-0.25, -0.2) is 9.18 Å². The number of hydrogen-bond acceptors (Lipinski definition) is 2. The van der Waals surface area contributed by atoms with E-state index < -0.39 is 5.97 Å². The highest BCUT2D eigenvalue weighted by atomic mass is 19.1. The number of carboxylic acids is 1. The molecule has 0 fully saturated rings. The van der Waals surface area contributed by atoms with Crippen molar-refractivity contribution in [3.05, 3.63) is 41.3 Å². The molecule has 5 heteroatoms. The van der Waals surface area contributed by atoms with Gasteiger partial charge in [-0.1, -0.05) is 26.0 Å². The van der Waals surface area contributed by atoms with Gasteiger partial charge < -0.3 is 5.11 Å². The van der Waals surface area contributed by atoms with Gasteiger partial charge in [0.05, 0.1) is 0 Å². The zero-order valence-electron chi connectivity index (χ0n) is 11.7. The Labute approximate surface area is 116 Å². The highest BCUT2D eigenvalue weighted by Gasteiger charge is 2.18. The number of aromatic nitrogens is 2. The van der Waals surface area contributed by atoms with E-state index in [1.165, 1.54) is 12.3 Å². The summed E-state index contributed by atoms with van der Waals surface area (Å²) < 4.78 is 15.2. The quantitative estimate of drug-likeness (QED) is 0.931. The summed E-state index contributed by atoms with van der Waals surface area (Å²) >= 11 is 0. The van der Waals surface area contributed by atoms with Gasteiger partial charge in [-0.15, -0.1) is 0 Å². The van der Waals surface area contributed by atoms with E-state index in [1.54, 1.807) is 23.7 Å². The Bertz CT molecular complexity index is 647. The van der Waals surface area contributed by atoms with Crippen molar-refractivity contribution < 1.29 is 14.3 Å². The predicted molar refractivity (Wildman–Crippen MR) is 74.2 cm³/mol. The van der Waals surface area contributed by atoms with Crippen LogP contribution in [0.15, 0.2) is 24.4 Å². The van der Waals surface area contributed by atoms with E-state index in [-0.39, 0.29) is 11.4 Å². The van der Waals surface area contributed by atoms with Crippen molar-refractivity contribution in [2.24, 2.45) is 5.92 Å². The van der Waals surface area contributed by atoms with E-state index in [1.807, 2.05) is 13.8 Å². The Morgan fingerprint density at radius 2 is 2.15 bits per heavy atom. The molecule has 20 heavy (non-hydrogen) atoms. The fraction of sp³-hybridized carbons (Fsp3) is 0.333. The molecule has 0 saturated heterocycles. The second kappa shape index (κ2) is 5.45. The summed E-state index contributed by atoms with van der Waals surface area (Å²) in [6.45, 7) is 6.32. The summed E-state index contributed by atoms with van der Waals surface area (Å²) in [5.74, 6) is -1.08. The fourth-order valence-corrected chi connectivity index (χ4v) is 2.00. The molecule has 0 radical (unpaired) electrons. The van der Waals surface area contributed by atoms with Gasteiger partial charge in [-0.2, -0.15) is 5.10 Å². The topological polar surface area (TPSA) is 55.1 Å². The van der Waals surface area contributed by atoms with Crippen LogP contribution in [0.2, 0.25) is 0 Å². The Morgan fingerprint density at radius 1 is 1.45 bits per heavy atom. The number of aromatic carboxylic acids is 1. The van der Waals surface area contributed by atoms with Crippen LogP contribution in [0.1, 0.15) is 29.8 Å².